The average Bonchev–Trinajstić information content (AvgIpc) is 3.56. The maximum absolute atomic E-state index is 6.79. The lowest BCUT2D eigenvalue weighted by Gasteiger charge is -2.29. The van der Waals surface area contributed by atoms with Gasteiger partial charge >= 0.3 is 0 Å². The number of rotatable bonds is 8. The minimum absolute atomic E-state index is 0.0743. The smallest absolute Gasteiger partial charge is 0.137 e. The number of hydrogen-bond acceptors (Lipinski definition) is 3. The molecule has 7 rings (SSSR count). The number of hydrogen-bond donors (Lipinski definition) is 0. The third-order valence-electron chi connectivity index (χ3n) is 10.5. The van der Waals surface area contributed by atoms with E-state index in [4.69, 9.17) is 14.8 Å². The first-order chi connectivity index (χ1) is 23.5. The Morgan fingerprint density at radius 3 is 2.45 bits per heavy atom. The number of benzene rings is 3. The number of para-hydroxylation sites is 1. The molecule has 0 saturated heterocycles. The van der Waals surface area contributed by atoms with Crippen molar-refractivity contribution in [2.75, 3.05) is 0 Å². The van der Waals surface area contributed by atoms with Crippen LogP contribution >= 0.6 is 0 Å². The summed E-state index contributed by atoms with van der Waals surface area (Å²) in [6, 6.07) is 26.0. The highest BCUT2D eigenvalue weighted by Crippen LogP contribution is 2.42. The first-order valence-electron chi connectivity index (χ1n) is 18.1. The van der Waals surface area contributed by atoms with Gasteiger partial charge in [0.1, 0.15) is 17.3 Å². The topological polar surface area (TPSA) is 44.9 Å². The molecular weight excluding hydrogens is 601 g/mol. The Morgan fingerprint density at radius 2 is 1.67 bits per heavy atom. The largest absolute Gasteiger partial charge is 0.457 e. The number of ether oxygens (including phenoxy) is 1. The molecule has 0 N–H and O–H groups in total. The Morgan fingerprint density at radius 1 is 0.878 bits per heavy atom. The summed E-state index contributed by atoms with van der Waals surface area (Å²) in [5.74, 6) is 3.54. The number of aryl methyl sites for hydroxylation is 2. The van der Waals surface area contributed by atoms with Crippen LogP contribution in [-0.2, 0) is 11.8 Å². The molecule has 3 heterocycles. The van der Waals surface area contributed by atoms with Crippen LogP contribution < -0.4 is 4.74 Å². The van der Waals surface area contributed by atoms with Crippen molar-refractivity contribution in [1.29, 1.82) is 0 Å². The van der Waals surface area contributed by atoms with Crippen molar-refractivity contribution in [3.05, 3.63) is 119 Å². The molecule has 0 spiro atoms. The predicted molar refractivity (Wildman–Crippen MR) is 204 cm³/mol. The molecule has 0 aliphatic heterocycles. The van der Waals surface area contributed by atoms with Gasteiger partial charge in [-0.2, -0.15) is 5.10 Å². The van der Waals surface area contributed by atoms with Gasteiger partial charge in [-0.25, -0.2) is 9.67 Å². The number of unbranched alkanes of at least 4 members (excludes halogenated alkanes) is 1. The van der Waals surface area contributed by atoms with E-state index in [1.54, 1.807) is 0 Å². The normalized spacial score (nSPS) is 16.8. The number of allylic oxidation sites excluding steroid dienone is 2. The van der Waals surface area contributed by atoms with Crippen LogP contribution in [0.2, 0.25) is 0 Å². The zero-order valence-corrected chi connectivity index (χ0v) is 30.5. The van der Waals surface area contributed by atoms with Crippen LogP contribution in [0.15, 0.2) is 90.6 Å². The van der Waals surface area contributed by atoms with Crippen molar-refractivity contribution in [3.63, 3.8) is 0 Å². The molecule has 0 radical (unpaired) electrons. The van der Waals surface area contributed by atoms with Gasteiger partial charge in [-0.1, -0.05) is 70.9 Å². The van der Waals surface area contributed by atoms with Crippen LogP contribution in [-0.4, -0.2) is 19.3 Å². The summed E-state index contributed by atoms with van der Waals surface area (Å²) in [7, 11) is 0. The van der Waals surface area contributed by atoms with Crippen molar-refractivity contribution in [2.24, 2.45) is 5.92 Å². The van der Waals surface area contributed by atoms with Crippen LogP contribution in [0.5, 0.6) is 11.5 Å². The molecule has 0 bridgehead atoms. The third kappa shape index (κ3) is 6.20. The highest BCUT2D eigenvalue weighted by Gasteiger charge is 2.30. The van der Waals surface area contributed by atoms with Crippen LogP contribution in [0.1, 0.15) is 101 Å². The second-order valence-corrected chi connectivity index (χ2v) is 15.2. The average molecular weight is 651 g/mol. The van der Waals surface area contributed by atoms with E-state index >= 15 is 0 Å². The molecule has 3 aromatic heterocycles. The Hall–Kier alpha value is -4.64. The molecule has 49 heavy (non-hydrogen) atoms. The molecule has 2 atom stereocenters. The lowest BCUT2D eigenvalue weighted by Crippen LogP contribution is -2.16. The minimum atomic E-state index is -0.0743. The van der Waals surface area contributed by atoms with Gasteiger partial charge in [-0.15, -0.1) is 0 Å². The van der Waals surface area contributed by atoms with Crippen molar-refractivity contribution >= 4 is 21.8 Å². The quantitative estimate of drug-likeness (QED) is 0.154. The molecule has 5 nitrogen and oxygen atoms in total. The molecule has 1 aliphatic rings. The van der Waals surface area contributed by atoms with E-state index in [0.717, 1.165) is 46.2 Å². The summed E-state index contributed by atoms with van der Waals surface area (Å²) < 4.78 is 11.2. The summed E-state index contributed by atoms with van der Waals surface area (Å²) >= 11 is 0. The Bertz CT molecular complexity index is 2190. The fourth-order valence-electron chi connectivity index (χ4n) is 7.90. The molecule has 1 aliphatic carbocycles. The second-order valence-electron chi connectivity index (χ2n) is 15.2. The highest BCUT2D eigenvalue weighted by atomic mass is 16.5. The van der Waals surface area contributed by atoms with Crippen LogP contribution in [0.25, 0.3) is 33.3 Å². The Balaban J connectivity index is 1.32. The first-order valence-corrected chi connectivity index (χ1v) is 18.1. The lowest BCUT2D eigenvalue weighted by atomic mass is 9.75. The summed E-state index contributed by atoms with van der Waals surface area (Å²) in [4.78, 5) is 4.86. The maximum atomic E-state index is 6.79. The van der Waals surface area contributed by atoms with Crippen molar-refractivity contribution < 1.29 is 4.74 Å². The van der Waals surface area contributed by atoms with E-state index in [-0.39, 0.29) is 5.41 Å². The van der Waals surface area contributed by atoms with Crippen LogP contribution in [0.3, 0.4) is 0 Å². The molecule has 0 saturated carbocycles. The van der Waals surface area contributed by atoms with E-state index in [9.17, 15) is 0 Å². The third-order valence-corrected chi connectivity index (χ3v) is 10.5. The monoisotopic (exact) mass is 650 g/mol. The molecule has 252 valence electrons. The second kappa shape index (κ2) is 13.0. The van der Waals surface area contributed by atoms with Gasteiger partial charge in [-0.05, 0) is 111 Å². The number of nitrogens with zero attached hydrogens (tertiary/aromatic N) is 4. The Labute approximate surface area is 291 Å². The number of fused-ring (bicyclic) bond motifs is 3. The lowest BCUT2D eigenvalue weighted by molar-refractivity contribution is 0.447. The minimum Gasteiger partial charge on any atom is -0.457 e. The van der Waals surface area contributed by atoms with Crippen molar-refractivity contribution in [1.82, 2.24) is 19.3 Å². The summed E-state index contributed by atoms with van der Waals surface area (Å²) in [6.07, 6.45) is 10.1. The van der Waals surface area contributed by atoms with Gasteiger partial charge in [0.05, 0.1) is 22.4 Å². The molecule has 6 aromatic rings. The zero-order valence-electron chi connectivity index (χ0n) is 30.5. The fourth-order valence-corrected chi connectivity index (χ4v) is 7.90. The van der Waals surface area contributed by atoms with E-state index in [2.05, 4.69) is 144 Å². The van der Waals surface area contributed by atoms with E-state index in [1.165, 1.54) is 64.4 Å². The number of pyridine rings is 1. The SMILES string of the molecule is CCCCc1ccnc(-n2c3ccccc3c3ccc(Oc4cc(-n5nc(C)c([C@H]6C(C)=CCC[C@@H]6C)c5C)cc(C(C)(C)C)c4)cc32)c1. The van der Waals surface area contributed by atoms with Gasteiger partial charge in [0, 0.05) is 46.3 Å². The zero-order chi connectivity index (χ0) is 34.4. The maximum Gasteiger partial charge on any atom is 0.137 e. The summed E-state index contributed by atoms with van der Waals surface area (Å²) in [5.41, 5.74) is 10.9. The van der Waals surface area contributed by atoms with Gasteiger partial charge < -0.3 is 4.74 Å². The van der Waals surface area contributed by atoms with Crippen LogP contribution in [0.4, 0.5) is 0 Å². The number of aromatic nitrogens is 4. The van der Waals surface area contributed by atoms with Gasteiger partial charge in [0.2, 0.25) is 0 Å². The van der Waals surface area contributed by atoms with E-state index < -0.39 is 0 Å². The Kier molecular flexibility index (Phi) is 8.73. The molecule has 5 heteroatoms. The predicted octanol–water partition coefficient (Wildman–Crippen LogP) is 11.9. The fraction of sp³-hybridized carbons (Fsp3) is 0.364. The van der Waals surface area contributed by atoms with E-state index in [0.29, 0.717) is 11.8 Å². The standard InChI is InChI=1S/C44H50N4O/c1-9-10-16-32-21-22-45-41(23-32)47-39-18-12-11-17-37(39)38-20-19-35(27-40(38)47)49-36-25-33(44(6,7)8)24-34(26-36)48-31(5)43(30(4)46-48)42-28(2)14-13-15-29(42)3/h11-12,14,17-27,29,42H,9-10,13,15-16H2,1-8H3/t29-,42-/m0/s1. The molecule has 0 fully saturated rings. The van der Waals surface area contributed by atoms with E-state index in [1.807, 2.05) is 6.20 Å². The van der Waals surface area contributed by atoms with Gasteiger partial charge in [0.15, 0.2) is 0 Å². The first kappa shape index (κ1) is 32.9. The molecular formula is C44H50N4O. The molecule has 0 amide bonds. The molecule has 3 aromatic carbocycles. The summed E-state index contributed by atoms with van der Waals surface area (Å²) in [6.45, 7) is 18.1. The highest BCUT2D eigenvalue weighted by molar-refractivity contribution is 6.09. The molecule has 0 unspecified atom stereocenters. The van der Waals surface area contributed by atoms with Gasteiger partial charge in [-0.3, -0.25) is 4.57 Å². The van der Waals surface area contributed by atoms with Crippen molar-refractivity contribution in [3.8, 4) is 23.0 Å². The summed E-state index contributed by atoms with van der Waals surface area (Å²) in [5, 5.41) is 7.55. The van der Waals surface area contributed by atoms with Gasteiger partial charge in [0.25, 0.3) is 0 Å². The van der Waals surface area contributed by atoms with Crippen molar-refractivity contribution in [2.45, 2.75) is 98.8 Å². The van der Waals surface area contributed by atoms with Crippen LogP contribution in [0, 0.1) is 19.8 Å².